The van der Waals surface area contributed by atoms with Crippen LogP contribution in [0, 0.1) is 11.2 Å². The van der Waals surface area contributed by atoms with Crippen molar-refractivity contribution < 1.29 is 9.13 Å². The van der Waals surface area contributed by atoms with Crippen LogP contribution in [0.3, 0.4) is 0 Å². The molecule has 0 saturated heterocycles. The van der Waals surface area contributed by atoms with Gasteiger partial charge in [-0.3, -0.25) is 14.6 Å². The molecule has 1 fully saturated rings. The number of thiazole rings is 1. The summed E-state index contributed by atoms with van der Waals surface area (Å²) >= 11 is 7.62. The van der Waals surface area contributed by atoms with Crippen molar-refractivity contribution in [2.24, 2.45) is 0 Å². The van der Waals surface area contributed by atoms with E-state index in [0.29, 0.717) is 21.5 Å². The molecule has 4 aromatic heterocycles. The molecular formula is C27H22ClFN8O2S. The summed E-state index contributed by atoms with van der Waals surface area (Å²) in [6.07, 6.45) is 6.37. The summed E-state index contributed by atoms with van der Waals surface area (Å²) in [6, 6.07) is 7.39. The van der Waals surface area contributed by atoms with Crippen molar-refractivity contribution in [2.75, 3.05) is 11.1 Å². The minimum absolute atomic E-state index is 0.0108. The Balaban J connectivity index is 1.39. The summed E-state index contributed by atoms with van der Waals surface area (Å²) in [5.74, 6) is -0.114. The number of benzene rings is 1. The summed E-state index contributed by atoms with van der Waals surface area (Å²) in [7, 11) is 0. The Kier molecular flexibility index (Phi) is 6.64. The molecule has 13 heteroatoms. The minimum Gasteiger partial charge on any atom is -0.460 e. The second-order valence-electron chi connectivity index (χ2n) is 9.32. The van der Waals surface area contributed by atoms with Crippen LogP contribution in [0.5, 0.6) is 6.01 Å². The maximum absolute atomic E-state index is 14.2. The smallest absolute Gasteiger partial charge is 0.316 e. The molecule has 1 saturated carbocycles. The number of nitrogens with two attached hydrogens (primary N) is 1. The Morgan fingerprint density at radius 3 is 2.75 bits per heavy atom. The van der Waals surface area contributed by atoms with Crippen molar-refractivity contribution in [1.29, 1.82) is 5.41 Å². The molecule has 4 heterocycles. The van der Waals surface area contributed by atoms with Crippen LogP contribution in [0.15, 0.2) is 59.2 Å². The van der Waals surface area contributed by atoms with E-state index in [9.17, 15) is 9.18 Å². The van der Waals surface area contributed by atoms with E-state index in [1.807, 2.05) is 13.0 Å². The summed E-state index contributed by atoms with van der Waals surface area (Å²) in [4.78, 5) is 31.1. The quantitative estimate of drug-likeness (QED) is 0.216. The third-order valence-corrected chi connectivity index (χ3v) is 7.76. The first kappa shape index (κ1) is 25.8. The molecule has 5 aromatic rings. The normalized spacial score (nSPS) is 13.8. The molecule has 1 atom stereocenters. The fourth-order valence-electron chi connectivity index (χ4n) is 4.35. The Labute approximate surface area is 236 Å². The number of aromatic nitrogens is 5. The lowest BCUT2D eigenvalue weighted by molar-refractivity contribution is 0.278. The first-order chi connectivity index (χ1) is 19.3. The highest BCUT2D eigenvalue weighted by Gasteiger charge is 2.26. The molecule has 4 N–H and O–H groups in total. The fraction of sp³-hybridized carbons (Fsp3) is 0.185. The van der Waals surface area contributed by atoms with Gasteiger partial charge >= 0.3 is 6.01 Å². The number of anilines is 2. The predicted octanol–water partition coefficient (Wildman–Crippen LogP) is 5.11. The largest absolute Gasteiger partial charge is 0.460 e. The molecule has 1 aromatic carbocycles. The fourth-order valence-corrected chi connectivity index (χ4v) is 5.51. The first-order valence-corrected chi connectivity index (χ1v) is 13.6. The number of halogens is 2. The molecule has 0 spiro atoms. The van der Waals surface area contributed by atoms with Crippen LogP contribution in [0.1, 0.15) is 42.5 Å². The van der Waals surface area contributed by atoms with Crippen LogP contribution in [0.25, 0.3) is 16.0 Å². The minimum atomic E-state index is -0.525. The number of nitrogens with one attached hydrogen (secondary N) is 2. The van der Waals surface area contributed by atoms with Gasteiger partial charge in [-0.1, -0.05) is 23.7 Å². The van der Waals surface area contributed by atoms with Crippen LogP contribution >= 0.6 is 22.9 Å². The summed E-state index contributed by atoms with van der Waals surface area (Å²) in [5, 5.41) is 14.1. The SMILES string of the molecule is C[C@H](Nc1ncnc(N)c1C(=N)c1cnc(OC2CC2)nc1)c1cc2scc(Cl)n2c(=O)c1-c1cccc(F)c1. The number of hydrogen-bond donors (Lipinski definition) is 3. The Hall–Kier alpha value is -4.42. The highest BCUT2D eigenvalue weighted by atomic mass is 35.5. The molecule has 1 aliphatic rings. The summed E-state index contributed by atoms with van der Waals surface area (Å²) in [6.45, 7) is 1.84. The van der Waals surface area contributed by atoms with Crippen molar-refractivity contribution in [3.8, 4) is 17.1 Å². The van der Waals surface area contributed by atoms with Crippen molar-refractivity contribution in [1.82, 2.24) is 24.3 Å². The molecule has 6 rings (SSSR count). The zero-order chi connectivity index (χ0) is 28.0. The van der Waals surface area contributed by atoms with E-state index in [1.54, 1.807) is 17.5 Å². The van der Waals surface area contributed by atoms with Crippen molar-refractivity contribution >= 4 is 45.1 Å². The van der Waals surface area contributed by atoms with Gasteiger partial charge in [-0.25, -0.2) is 24.3 Å². The molecule has 0 unspecified atom stereocenters. The molecule has 0 aliphatic heterocycles. The van der Waals surface area contributed by atoms with Crippen LogP contribution in [-0.2, 0) is 0 Å². The Morgan fingerprint density at radius 2 is 2.02 bits per heavy atom. The standard InChI is InChI=1S/C27H22ClFN8O2S/c1-13(18-8-20-37(19(28)11-40-20)26(38)21(18)14-3-2-4-16(29)7-14)36-25-22(24(31)34-12-35-25)23(30)15-9-32-27(33-10-15)39-17-5-6-17/h2-4,7-13,17,30H,5-6H2,1H3,(H3,31,34,35,36)/t13-/m0/s1. The molecule has 0 amide bonds. The number of ether oxygens (including phenoxy) is 1. The lowest BCUT2D eigenvalue weighted by atomic mass is 9.96. The first-order valence-electron chi connectivity index (χ1n) is 12.3. The molecule has 40 heavy (non-hydrogen) atoms. The zero-order valence-electron chi connectivity index (χ0n) is 21.1. The highest BCUT2D eigenvalue weighted by molar-refractivity contribution is 7.16. The molecule has 202 valence electrons. The predicted molar refractivity (Wildman–Crippen MR) is 152 cm³/mol. The van der Waals surface area contributed by atoms with Gasteiger partial charge in [0, 0.05) is 23.3 Å². The van der Waals surface area contributed by atoms with Gasteiger partial charge < -0.3 is 15.8 Å². The average molecular weight is 577 g/mol. The summed E-state index contributed by atoms with van der Waals surface area (Å²) < 4.78 is 21.2. The van der Waals surface area contributed by atoms with Crippen LogP contribution in [-0.4, -0.2) is 36.2 Å². The third kappa shape index (κ3) is 4.87. The van der Waals surface area contributed by atoms with Gasteiger partial charge in [0.25, 0.3) is 5.56 Å². The summed E-state index contributed by atoms with van der Waals surface area (Å²) in [5.41, 5.74) is 7.78. The van der Waals surface area contributed by atoms with E-state index >= 15 is 0 Å². The van der Waals surface area contributed by atoms with Crippen LogP contribution < -0.4 is 21.3 Å². The van der Waals surface area contributed by atoms with Gasteiger partial charge in [-0.05, 0) is 49.1 Å². The van der Waals surface area contributed by atoms with Gasteiger partial charge in [0.05, 0.1) is 22.9 Å². The monoisotopic (exact) mass is 576 g/mol. The van der Waals surface area contributed by atoms with E-state index in [-0.39, 0.29) is 51.3 Å². The maximum atomic E-state index is 14.2. The zero-order valence-corrected chi connectivity index (χ0v) is 22.6. The van der Waals surface area contributed by atoms with Gasteiger partial charge in [-0.15, -0.1) is 11.3 Å². The van der Waals surface area contributed by atoms with Gasteiger partial charge in [-0.2, -0.15) is 0 Å². The number of nitrogen functional groups attached to an aromatic ring is 1. The van der Waals surface area contributed by atoms with Crippen LogP contribution in [0.2, 0.25) is 5.15 Å². The lowest BCUT2D eigenvalue weighted by Gasteiger charge is -2.21. The maximum Gasteiger partial charge on any atom is 0.316 e. The number of rotatable bonds is 8. The average Bonchev–Trinajstić information content (AvgIpc) is 3.67. The third-order valence-electron chi connectivity index (χ3n) is 6.47. The van der Waals surface area contributed by atoms with Crippen molar-refractivity contribution in [3.63, 3.8) is 0 Å². The second-order valence-corrected chi connectivity index (χ2v) is 10.6. The highest BCUT2D eigenvalue weighted by Crippen LogP contribution is 2.33. The molecule has 10 nitrogen and oxygen atoms in total. The Bertz CT molecular complexity index is 1820. The van der Waals surface area contributed by atoms with Gasteiger partial charge in [0.15, 0.2) is 0 Å². The lowest BCUT2D eigenvalue weighted by Crippen LogP contribution is -2.21. The number of hydrogen-bond acceptors (Lipinski definition) is 10. The molecule has 1 aliphatic carbocycles. The second kappa shape index (κ2) is 10.3. The molecule has 0 bridgehead atoms. The number of nitrogens with zero attached hydrogens (tertiary/aromatic N) is 5. The Morgan fingerprint density at radius 1 is 1.25 bits per heavy atom. The van der Waals surface area contributed by atoms with Gasteiger partial charge in [0.1, 0.15) is 39.9 Å². The van der Waals surface area contributed by atoms with E-state index in [1.165, 1.54) is 46.6 Å². The number of pyridine rings is 1. The van der Waals surface area contributed by atoms with Gasteiger partial charge in [0.2, 0.25) is 0 Å². The molecule has 0 radical (unpaired) electrons. The van der Waals surface area contributed by atoms with E-state index in [0.717, 1.165) is 12.8 Å². The number of fused-ring (bicyclic) bond motifs is 1. The van der Waals surface area contributed by atoms with E-state index in [4.69, 9.17) is 27.5 Å². The van der Waals surface area contributed by atoms with Crippen LogP contribution in [0.4, 0.5) is 16.0 Å². The topological polar surface area (TPSA) is 144 Å². The molecular weight excluding hydrogens is 555 g/mol. The van der Waals surface area contributed by atoms with E-state index < -0.39 is 11.9 Å². The van der Waals surface area contributed by atoms with Crippen molar-refractivity contribution in [2.45, 2.75) is 31.9 Å². The van der Waals surface area contributed by atoms with E-state index in [2.05, 4.69) is 25.3 Å². The van der Waals surface area contributed by atoms with Crippen molar-refractivity contribution in [3.05, 3.63) is 92.4 Å².